The quantitative estimate of drug-likeness (QED) is 0.433. The molecular weight excluding hydrogens is 270 g/mol. The van der Waals surface area contributed by atoms with E-state index in [2.05, 4.69) is 10.6 Å². The van der Waals surface area contributed by atoms with Crippen LogP contribution in [0.2, 0.25) is 0 Å². The van der Waals surface area contributed by atoms with E-state index in [-0.39, 0.29) is 17.6 Å². The van der Waals surface area contributed by atoms with E-state index >= 15 is 0 Å². The van der Waals surface area contributed by atoms with Gasteiger partial charge >= 0.3 is 5.97 Å². The molecule has 110 valence electrons. The van der Waals surface area contributed by atoms with E-state index in [0.29, 0.717) is 13.1 Å². The van der Waals surface area contributed by atoms with Crippen molar-refractivity contribution < 1.29 is 19.5 Å². The molecule has 0 rings (SSSR count). The van der Waals surface area contributed by atoms with Gasteiger partial charge in [0.2, 0.25) is 11.8 Å². The number of carboxylic acid groups (broad SMARTS) is 1. The molecule has 0 unspecified atom stereocenters. The molecule has 0 spiro atoms. The molecule has 8 heteroatoms. The van der Waals surface area contributed by atoms with E-state index in [0.717, 1.165) is 0 Å². The number of rotatable bonds is 8. The fraction of sp³-hybridized carbons (Fsp3) is 0.727. The molecule has 0 saturated carbocycles. The first-order chi connectivity index (χ1) is 8.66. The lowest BCUT2D eigenvalue weighted by atomic mass is 10.1. The zero-order valence-corrected chi connectivity index (χ0v) is 12.2. The van der Waals surface area contributed by atoms with Crippen LogP contribution in [-0.4, -0.2) is 52.5 Å². The number of carbonyl (C=O) groups excluding carboxylic acids is 2. The van der Waals surface area contributed by atoms with Gasteiger partial charge in [-0.05, 0) is 13.8 Å². The van der Waals surface area contributed by atoms with Crippen LogP contribution in [-0.2, 0) is 14.4 Å². The van der Waals surface area contributed by atoms with Crippen molar-refractivity contribution in [3.05, 3.63) is 0 Å². The van der Waals surface area contributed by atoms with Gasteiger partial charge in [0.15, 0.2) is 0 Å². The first-order valence-electron chi connectivity index (χ1n) is 5.80. The average molecular weight is 291 g/mol. The summed E-state index contributed by atoms with van der Waals surface area (Å²) in [6.07, 6.45) is 0. The van der Waals surface area contributed by atoms with E-state index in [1.165, 1.54) is 18.7 Å². The molecular formula is C11H21N3O4S. The number of hydrogen-bond acceptors (Lipinski definition) is 5. The molecule has 2 amide bonds. The maximum atomic E-state index is 11.5. The highest BCUT2D eigenvalue weighted by molar-refractivity contribution is 8.01. The minimum absolute atomic E-state index is 0.119. The van der Waals surface area contributed by atoms with Crippen LogP contribution in [0.4, 0.5) is 0 Å². The summed E-state index contributed by atoms with van der Waals surface area (Å²) in [5.41, 5.74) is 5.54. The summed E-state index contributed by atoms with van der Waals surface area (Å²) in [4.78, 5) is 32.9. The molecule has 0 aromatic carbocycles. The van der Waals surface area contributed by atoms with Crippen LogP contribution in [0.15, 0.2) is 0 Å². The van der Waals surface area contributed by atoms with Crippen molar-refractivity contribution in [1.82, 2.24) is 10.6 Å². The van der Waals surface area contributed by atoms with Gasteiger partial charge < -0.3 is 21.5 Å². The number of hydrogen-bond donors (Lipinski definition) is 4. The molecule has 0 radical (unpaired) electrons. The Hall–Kier alpha value is -1.28. The van der Waals surface area contributed by atoms with Gasteiger partial charge in [-0.3, -0.25) is 14.4 Å². The predicted octanol–water partition coefficient (Wildman–Crippen LogP) is -0.838. The van der Waals surface area contributed by atoms with E-state index in [9.17, 15) is 14.4 Å². The maximum absolute atomic E-state index is 11.5. The Labute approximate surface area is 116 Å². The van der Waals surface area contributed by atoms with Crippen molar-refractivity contribution in [1.29, 1.82) is 0 Å². The molecule has 0 bridgehead atoms. The Balaban J connectivity index is 3.95. The monoisotopic (exact) mass is 291 g/mol. The second-order valence-corrected chi connectivity index (χ2v) is 6.17. The lowest BCUT2D eigenvalue weighted by Crippen LogP contribution is -2.47. The Morgan fingerprint density at radius 3 is 2.26 bits per heavy atom. The van der Waals surface area contributed by atoms with Gasteiger partial charge in [-0.25, -0.2) is 0 Å². The van der Waals surface area contributed by atoms with Crippen LogP contribution in [0.3, 0.4) is 0 Å². The molecule has 0 aliphatic rings. The molecule has 0 aliphatic heterocycles. The van der Waals surface area contributed by atoms with Crippen molar-refractivity contribution in [3.63, 3.8) is 0 Å². The molecule has 1 atom stereocenters. The van der Waals surface area contributed by atoms with Crippen LogP contribution >= 0.6 is 11.8 Å². The molecule has 0 saturated heterocycles. The zero-order chi connectivity index (χ0) is 15.1. The van der Waals surface area contributed by atoms with Crippen LogP contribution in [0, 0.1) is 0 Å². The van der Waals surface area contributed by atoms with Gasteiger partial charge in [-0.2, -0.15) is 0 Å². The number of thioether (sulfide) groups is 1. The largest absolute Gasteiger partial charge is 0.480 e. The number of nitrogens with two attached hydrogens (primary N) is 1. The van der Waals surface area contributed by atoms with Gasteiger partial charge in [0, 0.05) is 24.8 Å². The Bertz CT molecular complexity index is 347. The Morgan fingerprint density at radius 2 is 1.79 bits per heavy atom. The molecule has 0 aliphatic carbocycles. The molecule has 5 N–H and O–H groups in total. The van der Waals surface area contributed by atoms with Crippen molar-refractivity contribution in [3.8, 4) is 0 Å². The van der Waals surface area contributed by atoms with Crippen molar-refractivity contribution in [2.75, 3.05) is 18.8 Å². The molecule has 0 aromatic heterocycles. The standard InChI is InChI=1S/C11H21N3O4S/c1-7(15)13-4-5-14-8(16)6-19-11(2,3)9(12)10(17)18/h9H,4-6,12H2,1-3H3,(H,13,15)(H,14,16)(H,17,18)/t9-/m1/s1. The summed E-state index contributed by atoms with van der Waals surface area (Å²) in [6.45, 7) is 5.46. The SMILES string of the molecule is CC(=O)NCCNC(=O)CSC(C)(C)[C@H](N)C(=O)O. The summed E-state index contributed by atoms with van der Waals surface area (Å²) in [6, 6.07) is -1.04. The average Bonchev–Trinajstić information content (AvgIpc) is 2.30. The Morgan fingerprint density at radius 1 is 1.26 bits per heavy atom. The van der Waals surface area contributed by atoms with Crippen LogP contribution in [0.1, 0.15) is 20.8 Å². The second-order valence-electron chi connectivity index (χ2n) is 4.54. The van der Waals surface area contributed by atoms with Crippen molar-refractivity contribution in [2.45, 2.75) is 31.6 Å². The number of amides is 2. The third-order valence-electron chi connectivity index (χ3n) is 2.41. The first-order valence-corrected chi connectivity index (χ1v) is 6.79. The number of nitrogens with one attached hydrogen (secondary N) is 2. The van der Waals surface area contributed by atoms with Gasteiger partial charge in [-0.1, -0.05) is 0 Å². The number of carbonyl (C=O) groups is 3. The molecule has 0 aromatic rings. The minimum Gasteiger partial charge on any atom is -0.480 e. The third-order valence-corrected chi connectivity index (χ3v) is 3.82. The van der Waals surface area contributed by atoms with Gasteiger partial charge in [-0.15, -0.1) is 11.8 Å². The second kappa shape index (κ2) is 8.00. The summed E-state index contributed by atoms with van der Waals surface area (Å²) in [5, 5.41) is 14.0. The number of aliphatic carboxylic acids is 1. The minimum atomic E-state index is -1.09. The fourth-order valence-corrected chi connectivity index (χ4v) is 2.02. The van der Waals surface area contributed by atoms with E-state index in [4.69, 9.17) is 10.8 Å². The lowest BCUT2D eigenvalue weighted by molar-refractivity contribution is -0.139. The van der Waals surface area contributed by atoms with Gasteiger partial charge in [0.1, 0.15) is 6.04 Å². The third kappa shape index (κ3) is 7.68. The summed E-state index contributed by atoms with van der Waals surface area (Å²) >= 11 is 1.18. The summed E-state index contributed by atoms with van der Waals surface area (Å²) in [5.74, 6) is -1.35. The summed E-state index contributed by atoms with van der Waals surface area (Å²) in [7, 11) is 0. The maximum Gasteiger partial charge on any atom is 0.321 e. The fourth-order valence-electron chi connectivity index (χ4n) is 1.13. The molecule has 7 nitrogen and oxygen atoms in total. The van der Waals surface area contributed by atoms with E-state index < -0.39 is 16.8 Å². The smallest absolute Gasteiger partial charge is 0.321 e. The normalized spacial score (nSPS) is 12.6. The van der Waals surface area contributed by atoms with Gasteiger partial charge in [0.25, 0.3) is 0 Å². The lowest BCUT2D eigenvalue weighted by Gasteiger charge is -2.27. The highest BCUT2D eigenvalue weighted by Gasteiger charge is 2.32. The highest BCUT2D eigenvalue weighted by atomic mass is 32.2. The van der Waals surface area contributed by atoms with Crippen LogP contribution in [0.5, 0.6) is 0 Å². The molecule has 19 heavy (non-hydrogen) atoms. The summed E-state index contributed by atoms with van der Waals surface area (Å²) < 4.78 is -0.735. The van der Waals surface area contributed by atoms with Crippen LogP contribution < -0.4 is 16.4 Å². The first kappa shape index (κ1) is 17.7. The Kier molecular flexibility index (Phi) is 7.47. The van der Waals surface area contributed by atoms with Crippen LogP contribution in [0.25, 0.3) is 0 Å². The van der Waals surface area contributed by atoms with Gasteiger partial charge in [0.05, 0.1) is 5.75 Å². The number of carboxylic acids is 1. The molecule has 0 heterocycles. The zero-order valence-electron chi connectivity index (χ0n) is 11.4. The topological polar surface area (TPSA) is 122 Å². The molecule has 0 fully saturated rings. The van der Waals surface area contributed by atoms with E-state index in [1.807, 2.05) is 0 Å². The van der Waals surface area contributed by atoms with Crippen molar-refractivity contribution >= 4 is 29.5 Å². The van der Waals surface area contributed by atoms with Crippen molar-refractivity contribution in [2.24, 2.45) is 5.73 Å². The highest BCUT2D eigenvalue weighted by Crippen LogP contribution is 2.27. The predicted molar refractivity (Wildman–Crippen MR) is 73.8 cm³/mol. The van der Waals surface area contributed by atoms with E-state index in [1.54, 1.807) is 13.8 Å².